The molecule has 2 aromatic rings. The van der Waals surface area contributed by atoms with E-state index in [2.05, 4.69) is 21.8 Å². The summed E-state index contributed by atoms with van der Waals surface area (Å²) in [5.74, 6) is 2.74. The predicted molar refractivity (Wildman–Crippen MR) is 110 cm³/mol. The van der Waals surface area contributed by atoms with Gasteiger partial charge in [0.2, 0.25) is 0 Å². The lowest BCUT2D eigenvalue weighted by Crippen LogP contribution is -2.39. The van der Waals surface area contributed by atoms with Crippen molar-refractivity contribution in [2.75, 3.05) is 33.4 Å². The maximum atomic E-state index is 12.6. The molecule has 0 bridgehead atoms. The van der Waals surface area contributed by atoms with Crippen LogP contribution in [-0.4, -0.2) is 59.2 Å². The summed E-state index contributed by atoms with van der Waals surface area (Å²) >= 11 is 0. The quantitative estimate of drug-likeness (QED) is 0.803. The number of pyridine rings is 1. The number of hydrogen-bond acceptors (Lipinski definition) is 5. The van der Waals surface area contributed by atoms with Crippen LogP contribution in [0, 0.1) is 0 Å². The normalized spacial score (nSPS) is 20.9. The fourth-order valence-corrected chi connectivity index (χ4v) is 4.60. The van der Waals surface area contributed by atoms with Crippen molar-refractivity contribution in [1.82, 2.24) is 19.9 Å². The summed E-state index contributed by atoms with van der Waals surface area (Å²) in [5, 5.41) is 0. The summed E-state index contributed by atoms with van der Waals surface area (Å²) in [6.45, 7) is 3.13. The van der Waals surface area contributed by atoms with E-state index in [1.54, 1.807) is 7.11 Å². The summed E-state index contributed by atoms with van der Waals surface area (Å²) < 4.78 is 10.6. The van der Waals surface area contributed by atoms with Gasteiger partial charge in [-0.15, -0.1) is 0 Å². The van der Waals surface area contributed by atoms with Gasteiger partial charge in [0.1, 0.15) is 11.6 Å². The molecule has 2 fully saturated rings. The number of rotatable bonds is 4. The van der Waals surface area contributed by atoms with Gasteiger partial charge < -0.3 is 19.4 Å². The molecule has 0 radical (unpaired) electrons. The standard InChI is InChI=1S/C22H26N4O3.H2/c1-28-17-12-16(13-17)22(27)26-8-3-14(4-9-26)18-2-7-23-21-19(18)24-20(25-21)15-5-10-29-11-6-15;/h2,7,14-15H,3-6,8-12H2,1H3,(H,23,24,25);1H. The van der Waals surface area contributed by atoms with Crippen molar-refractivity contribution in [3.63, 3.8) is 0 Å². The summed E-state index contributed by atoms with van der Waals surface area (Å²) in [4.78, 5) is 27.4. The lowest BCUT2D eigenvalue weighted by Gasteiger charge is -2.33. The van der Waals surface area contributed by atoms with Crippen molar-refractivity contribution >= 4 is 17.1 Å². The number of likely N-dealkylation sites (tertiary alicyclic amines) is 1. The topological polar surface area (TPSA) is 80.3 Å². The molecular formula is C22H28N4O3. The Labute approximate surface area is 171 Å². The lowest BCUT2D eigenvalue weighted by molar-refractivity contribution is -0.128. The highest BCUT2D eigenvalue weighted by molar-refractivity contribution is 5.95. The molecule has 2 saturated heterocycles. The van der Waals surface area contributed by atoms with Gasteiger partial charge in [-0.1, -0.05) is 5.73 Å². The Balaban J connectivity index is 0.00000218. The summed E-state index contributed by atoms with van der Waals surface area (Å²) in [5.41, 5.74) is 6.90. The van der Waals surface area contributed by atoms with Gasteiger partial charge in [-0.05, 0) is 43.2 Å². The van der Waals surface area contributed by atoms with E-state index in [0.717, 1.165) is 80.3 Å². The van der Waals surface area contributed by atoms with Crippen molar-refractivity contribution in [1.29, 1.82) is 0 Å². The third kappa shape index (κ3) is 3.45. The Bertz CT molecular complexity index is 997. The second-order valence-electron chi connectivity index (χ2n) is 8.08. The second kappa shape index (κ2) is 7.65. The minimum absolute atomic E-state index is 0. The number of nitrogens with one attached hydrogen (secondary N) is 1. The van der Waals surface area contributed by atoms with Crippen LogP contribution in [-0.2, 0) is 14.3 Å². The molecule has 2 aromatic heterocycles. The van der Waals surface area contributed by atoms with Crippen LogP contribution in [0.1, 0.15) is 56.8 Å². The molecule has 3 aliphatic rings. The average molecular weight is 396 g/mol. The fourth-order valence-electron chi connectivity index (χ4n) is 4.60. The monoisotopic (exact) mass is 396 g/mol. The summed E-state index contributed by atoms with van der Waals surface area (Å²) in [6.07, 6.45) is 6.37. The van der Waals surface area contributed by atoms with Crippen LogP contribution in [0.15, 0.2) is 29.3 Å². The fraction of sp³-hybridized carbons (Fsp3) is 0.545. The molecule has 7 nitrogen and oxygen atoms in total. The maximum absolute atomic E-state index is 12.6. The molecular weight excluding hydrogens is 368 g/mol. The molecule has 4 heterocycles. The molecule has 1 N–H and O–H groups in total. The van der Waals surface area contributed by atoms with E-state index in [9.17, 15) is 4.79 Å². The van der Waals surface area contributed by atoms with Crippen molar-refractivity contribution < 1.29 is 15.7 Å². The van der Waals surface area contributed by atoms with Gasteiger partial charge in [-0.25, -0.2) is 9.97 Å². The number of aromatic amines is 1. The highest BCUT2D eigenvalue weighted by Gasteiger charge is 2.30. The SMILES string of the molecule is COC1=C=C(C(=O)N2CCC(c3ccnc4nc(C5CCOCC5)[nH]c34)CC2)C1.[HH]. The largest absolute Gasteiger partial charge is 0.493 e. The first-order valence-electron chi connectivity index (χ1n) is 10.5. The van der Waals surface area contributed by atoms with E-state index in [4.69, 9.17) is 14.5 Å². The minimum Gasteiger partial charge on any atom is -0.493 e. The van der Waals surface area contributed by atoms with Crippen LogP contribution >= 0.6 is 0 Å². The Morgan fingerprint density at radius 3 is 2.76 bits per heavy atom. The maximum Gasteiger partial charge on any atom is 0.258 e. The number of nitrogens with zero attached hydrogens (tertiary/aromatic N) is 3. The molecule has 1 aliphatic carbocycles. The van der Waals surface area contributed by atoms with Gasteiger partial charge in [0.15, 0.2) is 5.65 Å². The zero-order valence-electron chi connectivity index (χ0n) is 16.7. The first-order chi connectivity index (χ1) is 14.2. The number of carbonyl (C=O) groups is 1. The summed E-state index contributed by atoms with van der Waals surface area (Å²) in [7, 11) is 1.62. The second-order valence-corrected chi connectivity index (χ2v) is 8.08. The molecule has 5 rings (SSSR count). The van der Waals surface area contributed by atoms with Gasteiger partial charge in [0, 0.05) is 39.8 Å². The molecule has 29 heavy (non-hydrogen) atoms. The average Bonchev–Trinajstić information content (AvgIpc) is 3.18. The molecule has 7 heteroatoms. The number of aromatic nitrogens is 3. The zero-order chi connectivity index (χ0) is 19.8. The van der Waals surface area contributed by atoms with E-state index in [1.807, 2.05) is 11.1 Å². The van der Waals surface area contributed by atoms with Crippen molar-refractivity contribution in [3.8, 4) is 0 Å². The van der Waals surface area contributed by atoms with Crippen LogP contribution in [0.25, 0.3) is 11.2 Å². The smallest absolute Gasteiger partial charge is 0.258 e. The lowest BCUT2D eigenvalue weighted by atomic mass is 9.88. The number of piperidine rings is 1. The Morgan fingerprint density at radius 1 is 1.28 bits per heavy atom. The number of hydrogen-bond donors (Lipinski definition) is 1. The number of ether oxygens (including phenoxy) is 2. The zero-order valence-corrected chi connectivity index (χ0v) is 16.7. The van der Waals surface area contributed by atoms with E-state index >= 15 is 0 Å². The van der Waals surface area contributed by atoms with Crippen LogP contribution in [0.4, 0.5) is 0 Å². The van der Waals surface area contributed by atoms with Crippen LogP contribution in [0.2, 0.25) is 0 Å². The van der Waals surface area contributed by atoms with Crippen LogP contribution in [0.5, 0.6) is 0 Å². The van der Waals surface area contributed by atoms with Gasteiger partial charge in [-0.2, -0.15) is 0 Å². The third-order valence-corrected chi connectivity index (χ3v) is 6.40. The van der Waals surface area contributed by atoms with E-state index in [1.165, 1.54) is 5.56 Å². The van der Waals surface area contributed by atoms with Crippen molar-refractivity contribution in [3.05, 3.63) is 40.7 Å². The van der Waals surface area contributed by atoms with Crippen LogP contribution in [0.3, 0.4) is 0 Å². The molecule has 154 valence electrons. The van der Waals surface area contributed by atoms with Gasteiger partial charge >= 0.3 is 0 Å². The number of carbonyl (C=O) groups excluding carboxylic acids is 1. The molecule has 0 saturated carbocycles. The Hall–Kier alpha value is -2.63. The molecule has 1 amide bonds. The van der Waals surface area contributed by atoms with Gasteiger partial charge in [0.25, 0.3) is 5.91 Å². The number of imidazole rings is 1. The third-order valence-electron chi connectivity index (χ3n) is 6.40. The molecule has 0 atom stereocenters. The number of fused-ring (bicyclic) bond motifs is 1. The van der Waals surface area contributed by atoms with E-state index in [0.29, 0.717) is 18.3 Å². The van der Waals surface area contributed by atoms with Crippen molar-refractivity contribution in [2.45, 2.75) is 43.9 Å². The van der Waals surface area contributed by atoms with E-state index < -0.39 is 0 Å². The Kier molecular flexibility index (Phi) is 4.86. The first kappa shape index (κ1) is 18.4. The van der Waals surface area contributed by atoms with Gasteiger partial charge in [-0.3, -0.25) is 4.79 Å². The number of H-pyrrole nitrogens is 1. The molecule has 0 unspecified atom stereocenters. The highest BCUT2D eigenvalue weighted by Crippen LogP contribution is 2.34. The van der Waals surface area contributed by atoms with Crippen molar-refractivity contribution in [2.24, 2.45) is 0 Å². The van der Waals surface area contributed by atoms with Gasteiger partial charge in [0.05, 0.1) is 24.6 Å². The highest BCUT2D eigenvalue weighted by atomic mass is 16.5. The summed E-state index contributed by atoms with van der Waals surface area (Å²) in [6, 6.07) is 2.11. The predicted octanol–water partition coefficient (Wildman–Crippen LogP) is 3.26. The molecule has 0 aromatic carbocycles. The Morgan fingerprint density at radius 2 is 2.03 bits per heavy atom. The molecule has 0 spiro atoms. The first-order valence-corrected chi connectivity index (χ1v) is 10.5. The van der Waals surface area contributed by atoms with E-state index in [-0.39, 0.29) is 7.33 Å². The minimum atomic E-state index is 0. The molecule has 2 aliphatic heterocycles. The number of methoxy groups -OCH3 is 1. The van der Waals surface area contributed by atoms with Crippen LogP contribution < -0.4 is 0 Å². The number of amides is 1.